The molecule has 1 N–H and O–H groups in total. The Bertz CT molecular complexity index is 482. The van der Waals surface area contributed by atoms with E-state index in [1.54, 1.807) is 6.92 Å². The van der Waals surface area contributed by atoms with Crippen molar-refractivity contribution in [1.82, 2.24) is 0 Å². The summed E-state index contributed by atoms with van der Waals surface area (Å²) in [5.74, 6) is 0. The van der Waals surface area contributed by atoms with Crippen LogP contribution in [0.1, 0.15) is 51.0 Å². The van der Waals surface area contributed by atoms with E-state index in [2.05, 4.69) is 22.0 Å². The number of halogens is 1. The molecule has 0 heterocycles. The molecule has 0 saturated heterocycles. The molecular weight excluding hydrogens is 302 g/mol. The molecular formula is C16H20BrNO. The molecule has 1 aromatic carbocycles. The number of nitrogens with zero attached hydrogens (tertiary/aromatic N) is 1. The molecule has 2 rings (SSSR count). The second kappa shape index (κ2) is 5.64. The van der Waals surface area contributed by atoms with Crippen molar-refractivity contribution >= 4 is 15.9 Å². The Labute approximate surface area is 123 Å². The smallest absolute Gasteiger partial charge is 0.105 e. The van der Waals surface area contributed by atoms with E-state index in [4.69, 9.17) is 0 Å². The van der Waals surface area contributed by atoms with Gasteiger partial charge in [0.1, 0.15) is 5.60 Å². The van der Waals surface area contributed by atoms with Gasteiger partial charge in [-0.15, -0.1) is 0 Å². The standard InChI is InChI=1S/C16H20BrNO/c1-15(19,13-7-6-8-14(17)11-13)16(12-18)9-4-2-3-5-10-16/h6-8,11,19H,2-5,9-10H2,1H3. The Morgan fingerprint density at radius 2 is 1.89 bits per heavy atom. The predicted octanol–water partition coefficient (Wildman–Crippen LogP) is 4.52. The molecule has 0 radical (unpaired) electrons. The molecule has 1 atom stereocenters. The van der Waals surface area contributed by atoms with Crippen LogP contribution in [-0.4, -0.2) is 5.11 Å². The van der Waals surface area contributed by atoms with Crippen molar-refractivity contribution in [2.75, 3.05) is 0 Å². The van der Waals surface area contributed by atoms with Gasteiger partial charge in [-0.1, -0.05) is 53.7 Å². The van der Waals surface area contributed by atoms with Crippen LogP contribution in [0.3, 0.4) is 0 Å². The van der Waals surface area contributed by atoms with Crippen LogP contribution in [0.4, 0.5) is 0 Å². The summed E-state index contributed by atoms with van der Waals surface area (Å²) in [4.78, 5) is 0. The van der Waals surface area contributed by atoms with E-state index in [1.807, 2.05) is 24.3 Å². The van der Waals surface area contributed by atoms with E-state index in [-0.39, 0.29) is 0 Å². The van der Waals surface area contributed by atoms with E-state index in [0.717, 1.165) is 48.6 Å². The lowest BCUT2D eigenvalue weighted by molar-refractivity contribution is -0.0534. The van der Waals surface area contributed by atoms with Crippen LogP contribution < -0.4 is 0 Å². The molecule has 0 spiro atoms. The quantitative estimate of drug-likeness (QED) is 0.814. The van der Waals surface area contributed by atoms with Gasteiger partial charge in [0.15, 0.2) is 0 Å². The fraction of sp³-hybridized carbons (Fsp3) is 0.562. The Morgan fingerprint density at radius 1 is 1.26 bits per heavy atom. The number of aliphatic hydroxyl groups is 1. The topological polar surface area (TPSA) is 44.0 Å². The van der Waals surface area contributed by atoms with Crippen molar-refractivity contribution in [3.05, 3.63) is 34.3 Å². The third-order valence-electron chi connectivity index (χ3n) is 4.49. The van der Waals surface area contributed by atoms with Gasteiger partial charge in [0.2, 0.25) is 0 Å². The highest BCUT2D eigenvalue weighted by molar-refractivity contribution is 9.10. The Kier molecular flexibility index (Phi) is 4.32. The summed E-state index contributed by atoms with van der Waals surface area (Å²) in [6, 6.07) is 10.1. The van der Waals surface area contributed by atoms with E-state index in [1.165, 1.54) is 0 Å². The predicted molar refractivity (Wildman–Crippen MR) is 79.5 cm³/mol. The van der Waals surface area contributed by atoms with Gasteiger partial charge in [0.25, 0.3) is 0 Å². The van der Waals surface area contributed by atoms with Gasteiger partial charge in [0.05, 0.1) is 11.5 Å². The maximum absolute atomic E-state index is 11.1. The zero-order valence-corrected chi connectivity index (χ0v) is 12.9. The third-order valence-corrected chi connectivity index (χ3v) is 4.98. The Hall–Kier alpha value is -0.850. The third kappa shape index (κ3) is 2.70. The number of rotatable bonds is 2. The van der Waals surface area contributed by atoms with Crippen LogP contribution in [0.25, 0.3) is 0 Å². The van der Waals surface area contributed by atoms with Crippen LogP contribution in [0.2, 0.25) is 0 Å². The largest absolute Gasteiger partial charge is 0.384 e. The molecule has 1 aromatic rings. The lowest BCUT2D eigenvalue weighted by Gasteiger charge is -2.40. The van der Waals surface area contributed by atoms with Crippen molar-refractivity contribution in [3.8, 4) is 6.07 Å². The van der Waals surface area contributed by atoms with Crippen LogP contribution >= 0.6 is 15.9 Å². The minimum Gasteiger partial charge on any atom is -0.384 e. The molecule has 2 nitrogen and oxygen atoms in total. The normalized spacial score (nSPS) is 22.0. The molecule has 1 aliphatic carbocycles. The van der Waals surface area contributed by atoms with Crippen molar-refractivity contribution in [2.45, 2.75) is 51.0 Å². The summed E-state index contributed by atoms with van der Waals surface area (Å²) in [6.45, 7) is 1.79. The van der Waals surface area contributed by atoms with Crippen molar-refractivity contribution in [3.63, 3.8) is 0 Å². The van der Waals surface area contributed by atoms with E-state index in [0.29, 0.717) is 0 Å². The van der Waals surface area contributed by atoms with Crippen molar-refractivity contribution in [1.29, 1.82) is 5.26 Å². The Balaban J connectivity index is 2.43. The van der Waals surface area contributed by atoms with Gasteiger partial charge in [-0.25, -0.2) is 0 Å². The molecule has 0 bridgehead atoms. The molecule has 102 valence electrons. The maximum atomic E-state index is 11.1. The fourth-order valence-electron chi connectivity index (χ4n) is 3.11. The van der Waals surface area contributed by atoms with Gasteiger partial charge >= 0.3 is 0 Å². The fourth-order valence-corrected chi connectivity index (χ4v) is 3.51. The first kappa shape index (κ1) is 14.6. The summed E-state index contributed by atoms with van der Waals surface area (Å²) in [5, 5.41) is 20.8. The highest BCUT2D eigenvalue weighted by Gasteiger charge is 2.48. The van der Waals surface area contributed by atoms with Gasteiger partial charge in [-0.05, 0) is 37.5 Å². The molecule has 1 aliphatic rings. The average Bonchev–Trinajstić information content (AvgIpc) is 2.65. The first-order valence-electron chi connectivity index (χ1n) is 6.91. The summed E-state index contributed by atoms with van der Waals surface area (Å²) in [5.41, 5.74) is -0.939. The summed E-state index contributed by atoms with van der Waals surface area (Å²) < 4.78 is 0.937. The Morgan fingerprint density at radius 3 is 2.42 bits per heavy atom. The van der Waals surface area contributed by atoms with Crippen LogP contribution in [0.5, 0.6) is 0 Å². The number of hydrogen-bond acceptors (Lipinski definition) is 2. The van der Waals surface area contributed by atoms with Crippen LogP contribution in [0.15, 0.2) is 28.7 Å². The minimum atomic E-state index is -1.10. The lowest BCUT2D eigenvalue weighted by Crippen LogP contribution is -2.42. The highest BCUT2D eigenvalue weighted by Crippen LogP contribution is 2.48. The molecule has 19 heavy (non-hydrogen) atoms. The van der Waals surface area contributed by atoms with E-state index < -0.39 is 11.0 Å². The molecule has 3 heteroatoms. The zero-order chi connectivity index (χ0) is 13.9. The number of hydrogen-bond donors (Lipinski definition) is 1. The van der Waals surface area contributed by atoms with E-state index >= 15 is 0 Å². The average molecular weight is 322 g/mol. The molecule has 0 aliphatic heterocycles. The summed E-state index contributed by atoms with van der Waals surface area (Å²) >= 11 is 3.44. The van der Waals surface area contributed by atoms with Crippen LogP contribution in [0, 0.1) is 16.7 Å². The van der Waals surface area contributed by atoms with Crippen molar-refractivity contribution < 1.29 is 5.11 Å². The van der Waals surface area contributed by atoms with Crippen molar-refractivity contribution in [2.24, 2.45) is 5.41 Å². The minimum absolute atomic E-state index is 0.662. The van der Waals surface area contributed by atoms with E-state index in [9.17, 15) is 10.4 Å². The number of benzene rings is 1. The van der Waals surface area contributed by atoms with Gasteiger partial charge in [-0.3, -0.25) is 0 Å². The molecule has 0 aromatic heterocycles. The molecule has 1 saturated carbocycles. The highest BCUT2D eigenvalue weighted by atomic mass is 79.9. The molecule has 1 unspecified atom stereocenters. The first-order valence-corrected chi connectivity index (χ1v) is 7.71. The lowest BCUT2D eigenvalue weighted by atomic mass is 9.66. The second-order valence-corrected chi connectivity index (χ2v) is 6.61. The van der Waals surface area contributed by atoms with Gasteiger partial charge < -0.3 is 5.11 Å². The SMILES string of the molecule is CC(O)(c1cccc(Br)c1)C1(C#N)CCCCCC1. The summed E-state index contributed by atoms with van der Waals surface area (Å²) in [6.07, 6.45) is 5.94. The number of nitriles is 1. The maximum Gasteiger partial charge on any atom is 0.105 e. The second-order valence-electron chi connectivity index (χ2n) is 5.69. The zero-order valence-electron chi connectivity index (χ0n) is 11.3. The first-order chi connectivity index (χ1) is 9.02. The molecule has 1 fully saturated rings. The van der Waals surface area contributed by atoms with Gasteiger partial charge in [0, 0.05) is 4.47 Å². The van der Waals surface area contributed by atoms with Crippen LogP contribution in [-0.2, 0) is 5.60 Å². The van der Waals surface area contributed by atoms with Gasteiger partial charge in [-0.2, -0.15) is 5.26 Å². The summed E-state index contributed by atoms with van der Waals surface area (Å²) in [7, 11) is 0. The molecule has 0 amide bonds. The monoisotopic (exact) mass is 321 g/mol.